The number of hydrogen-bond donors (Lipinski definition) is 0. The van der Waals surface area contributed by atoms with Crippen LogP contribution >= 0.6 is 23.4 Å². The van der Waals surface area contributed by atoms with Crippen molar-refractivity contribution in [3.63, 3.8) is 0 Å². The maximum atomic E-state index is 12.8. The molecule has 1 amide bonds. The summed E-state index contributed by atoms with van der Waals surface area (Å²) >= 11 is 7.33. The van der Waals surface area contributed by atoms with Crippen molar-refractivity contribution in [1.29, 1.82) is 0 Å². The smallest absolute Gasteiger partial charge is 0.233 e. The molecule has 0 radical (unpaired) electrons. The summed E-state index contributed by atoms with van der Waals surface area (Å²) in [4.78, 5) is 14.4. The summed E-state index contributed by atoms with van der Waals surface area (Å²) in [6, 6.07) is 18.9. The zero-order valence-corrected chi connectivity index (χ0v) is 20.8. The number of thioether (sulfide) groups is 1. The number of methoxy groups -OCH3 is 1. The molecule has 0 unspecified atom stereocenters. The Morgan fingerprint density at radius 1 is 1.06 bits per heavy atom. The van der Waals surface area contributed by atoms with Gasteiger partial charge in [-0.25, -0.2) is 0 Å². The molecule has 176 valence electrons. The Balaban J connectivity index is 1.37. The van der Waals surface area contributed by atoms with Gasteiger partial charge < -0.3 is 18.6 Å². The monoisotopic (exact) mass is 496 g/mol. The largest absolute Gasteiger partial charge is 0.497 e. The Labute approximate surface area is 207 Å². The van der Waals surface area contributed by atoms with Gasteiger partial charge in [0.05, 0.1) is 19.4 Å². The van der Waals surface area contributed by atoms with Crippen LogP contribution in [0.25, 0.3) is 22.7 Å². The molecule has 0 N–H and O–H groups in total. The molecule has 2 aromatic heterocycles. The first-order valence-corrected chi connectivity index (χ1v) is 12.1. The van der Waals surface area contributed by atoms with Gasteiger partial charge in [0.2, 0.25) is 5.91 Å². The number of ether oxygens (including phenoxy) is 1. The SMILES string of the molecule is CCn1c(SCC(=O)N(C)Cc2ccc(-c3ccc(Cl)cc3)o2)nnc1-c1ccc(OC)cc1. The minimum Gasteiger partial charge on any atom is -0.497 e. The lowest BCUT2D eigenvalue weighted by Gasteiger charge is -2.15. The summed E-state index contributed by atoms with van der Waals surface area (Å²) in [6.45, 7) is 3.11. The molecule has 0 aliphatic heterocycles. The van der Waals surface area contributed by atoms with Gasteiger partial charge >= 0.3 is 0 Å². The molecule has 0 saturated heterocycles. The average molecular weight is 497 g/mol. The highest BCUT2D eigenvalue weighted by atomic mass is 35.5. The first-order chi connectivity index (χ1) is 16.5. The maximum Gasteiger partial charge on any atom is 0.233 e. The highest BCUT2D eigenvalue weighted by Gasteiger charge is 2.17. The number of halogens is 1. The van der Waals surface area contributed by atoms with E-state index in [2.05, 4.69) is 10.2 Å². The van der Waals surface area contributed by atoms with E-state index in [4.69, 9.17) is 20.8 Å². The van der Waals surface area contributed by atoms with E-state index in [0.29, 0.717) is 29.0 Å². The van der Waals surface area contributed by atoms with Gasteiger partial charge in [-0.2, -0.15) is 0 Å². The summed E-state index contributed by atoms with van der Waals surface area (Å²) in [6.07, 6.45) is 0. The number of carbonyl (C=O) groups excluding carboxylic acids is 1. The van der Waals surface area contributed by atoms with Crippen molar-refractivity contribution >= 4 is 29.3 Å². The summed E-state index contributed by atoms with van der Waals surface area (Å²) < 4.78 is 13.1. The van der Waals surface area contributed by atoms with Crippen LogP contribution in [0, 0.1) is 0 Å². The lowest BCUT2D eigenvalue weighted by Crippen LogP contribution is -2.27. The molecule has 4 aromatic rings. The van der Waals surface area contributed by atoms with Crippen molar-refractivity contribution in [3.8, 4) is 28.5 Å². The van der Waals surface area contributed by atoms with Crippen LogP contribution in [0.2, 0.25) is 5.02 Å². The maximum absolute atomic E-state index is 12.8. The number of furan rings is 1. The molecule has 2 heterocycles. The summed E-state index contributed by atoms with van der Waals surface area (Å²) in [5, 5.41) is 10.0. The minimum absolute atomic E-state index is 0.0221. The minimum atomic E-state index is -0.0221. The fourth-order valence-electron chi connectivity index (χ4n) is 3.42. The second kappa shape index (κ2) is 10.8. The van der Waals surface area contributed by atoms with E-state index in [1.807, 2.05) is 72.2 Å². The lowest BCUT2D eigenvalue weighted by atomic mass is 10.2. The van der Waals surface area contributed by atoms with Crippen LogP contribution in [0.1, 0.15) is 12.7 Å². The number of nitrogens with zero attached hydrogens (tertiary/aromatic N) is 4. The Bertz CT molecular complexity index is 1250. The highest BCUT2D eigenvalue weighted by molar-refractivity contribution is 7.99. The summed E-state index contributed by atoms with van der Waals surface area (Å²) in [5.74, 6) is 3.23. The zero-order valence-electron chi connectivity index (χ0n) is 19.2. The fraction of sp³-hybridized carbons (Fsp3) is 0.240. The van der Waals surface area contributed by atoms with E-state index in [1.54, 1.807) is 19.1 Å². The number of benzene rings is 2. The van der Waals surface area contributed by atoms with Gasteiger partial charge in [0.15, 0.2) is 11.0 Å². The zero-order chi connectivity index (χ0) is 24.1. The van der Waals surface area contributed by atoms with Gasteiger partial charge in [-0.1, -0.05) is 23.4 Å². The Morgan fingerprint density at radius 2 is 1.76 bits per heavy atom. The Kier molecular flexibility index (Phi) is 7.59. The van der Waals surface area contributed by atoms with Crippen molar-refractivity contribution in [2.75, 3.05) is 19.9 Å². The molecule has 0 saturated carbocycles. The first-order valence-electron chi connectivity index (χ1n) is 10.8. The van der Waals surface area contributed by atoms with Crippen LogP contribution in [0.15, 0.2) is 70.2 Å². The quantitative estimate of drug-likeness (QED) is 0.279. The summed E-state index contributed by atoms with van der Waals surface area (Å²) in [5.41, 5.74) is 1.88. The second-order valence-electron chi connectivity index (χ2n) is 7.59. The van der Waals surface area contributed by atoms with Gasteiger partial charge in [-0.15, -0.1) is 10.2 Å². The Morgan fingerprint density at radius 3 is 2.44 bits per heavy atom. The molecule has 0 aliphatic carbocycles. The highest BCUT2D eigenvalue weighted by Crippen LogP contribution is 2.27. The van der Waals surface area contributed by atoms with Gasteiger partial charge in [-0.05, 0) is 67.6 Å². The van der Waals surface area contributed by atoms with Gasteiger partial charge in [0.1, 0.15) is 17.3 Å². The molecular weight excluding hydrogens is 472 g/mol. The van der Waals surface area contributed by atoms with E-state index >= 15 is 0 Å². The van der Waals surface area contributed by atoms with E-state index < -0.39 is 0 Å². The van der Waals surface area contributed by atoms with Crippen LogP contribution in [-0.2, 0) is 17.9 Å². The number of carbonyl (C=O) groups is 1. The molecule has 9 heteroatoms. The number of aromatic nitrogens is 3. The number of rotatable bonds is 9. The van der Waals surface area contributed by atoms with Crippen molar-refractivity contribution in [2.24, 2.45) is 0 Å². The average Bonchev–Trinajstić information content (AvgIpc) is 3.49. The molecule has 0 fully saturated rings. The lowest BCUT2D eigenvalue weighted by molar-refractivity contribution is -0.127. The van der Waals surface area contributed by atoms with Crippen LogP contribution in [0.5, 0.6) is 5.75 Å². The third kappa shape index (κ3) is 5.46. The normalized spacial score (nSPS) is 10.9. The summed E-state index contributed by atoms with van der Waals surface area (Å²) in [7, 11) is 3.40. The van der Waals surface area contributed by atoms with Crippen molar-refractivity contribution in [2.45, 2.75) is 25.2 Å². The molecule has 2 aromatic carbocycles. The first kappa shape index (κ1) is 23.9. The van der Waals surface area contributed by atoms with Crippen LogP contribution in [0.3, 0.4) is 0 Å². The van der Waals surface area contributed by atoms with Crippen LogP contribution in [0.4, 0.5) is 0 Å². The molecule has 34 heavy (non-hydrogen) atoms. The van der Waals surface area contributed by atoms with E-state index in [-0.39, 0.29) is 11.7 Å². The molecule has 7 nitrogen and oxygen atoms in total. The third-order valence-corrected chi connectivity index (χ3v) is 6.52. The fourth-order valence-corrected chi connectivity index (χ4v) is 4.49. The van der Waals surface area contributed by atoms with E-state index in [1.165, 1.54) is 11.8 Å². The van der Waals surface area contributed by atoms with Crippen molar-refractivity contribution < 1.29 is 13.9 Å². The number of hydrogen-bond acceptors (Lipinski definition) is 6. The van der Waals surface area contributed by atoms with E-state index in [0.717, 1.165) is 28.5 Å². The topological polar surface area (TPSA) is 73.4 Å². The molecular formula is C25H25ClN4O3S. The standard InChI is InChI=1S/C25H25ClN4O3S/c1-4-30-24(18-7-11-20(32-3)12-8-18)27-28-25(30)34-16-23(31)29(2)15-21-13-14-22(33-21)17-5-9-19(26)10-6-17/h5-14H,4,15-16H2,1-3H3. The molecule has 0 atom stereocenters. The van der Waals surface area contributed by atoms with Crippen LogP contribution < -0.4 is 4.74 Å². The van der Waals surface area contributed by atoms with Gasteiger partial charge in [-0.3, -0.25) is 4.79 Å². The molecule has 0 bridgehead atoms. The predicted octanol–water partition coefficient (Wildman–Crippen LogP) is 5.64. The Hall–Kier alpha value is -3.23. The predicted molar refractivity (Wildman–Crippen MR) is 134 cm³/mol. The van der Waals surface area contributed by atoms with E-state index in [9.17, 15) is 4.79 Å². The van der Waals surface area contributed by atoms with Crippen molar-refractivity contribution in [1.82, 2.24) is 19.7 Å². The van der Waals surface area contributed by atoms with Crippen LogP contribution in [-0.4, -0.2) is 45.5 Å². The molecule has 0 spiro atoms. The number of amides is 1. The third-order valence-electron chi connectivity index (χ3n) is 5.32. The van der Waals surface area contributed by atoms with Gasteiger partial charge in [0, 0.05) is 29.7 Å². The second-order valence-corrected chi connectivity index (χ2v) is 8.97. The molecule has 4 rings (SSSR count). The molecule has 0 aliphatic rings. The van der Waals surface area contributed by atoms with Gasteiger partial charge in [0.25, 0.3) is 0 Å². The van der Waals surface area contributed by atoms with Crippen molar-refractivity contribution in [3.05, 3.63) is 71.4 Å².